The Morgan fingerprint density at radius 2 is 2.50 bits per heavy atom. The van der Waals surface area contributed by atoms with Crippen molar-refractivity contribution in [3.05, 3.63) is 12.3 Å². The van der Waals surface area contributed by atoms with E-state index in [1.165, 1.54) is 0 Å². The van der Waals surface area contributed by atoms with Crippen molar-refractivity contribution < 1.29 is 19.2 Å². The maximum atomic E-state index is 8.36. The number of piperidine rings is 1. The Hall–Kier alpha value is -1.32. The number of nitrogens with zero attached hydrogens (tertiary/aromatic N) is 3. The standard InChI is InChI=1S/C10H16N4/c1-8-4-2-3-5-14(8)10-12-6-9(11)7-13-10/h6-8H,2-5,11H2,1H3/i1D3,2D2,3D2,4D2,5D2,6D,7D,8D. The third-order valence-corrected chi connectivity index (χ3v) is 1.39. The van der Waals surface area contributed by atoms with E-state index in [1.807, 2.05) is 0 Å². The van der Waals surface area contributed by atoms with E-state index in [2.05, 4.69) is 9.97 Å². The minimum Gasteiger partial charge on any atom is -0.396 e. The first kappa shape index (κ1) is 2.26. The third-order valence-electron chi connectivity index (χ3n) is 1.39. The first-order valence-corrected chi connectivity index (χ1v) is 3.60. The molecule has 0 aliphatic carbocycles. The van der Waals surface area contributed by atoms with Crippen LogP contribution in [-0.2, 0) is 0 Å². The van der Waals surface area contributed by atoms with Crippen molar-refractivity contribution in [1.82, 2.24) is 9.97 Å². The normalized spacial score (nSPS) is 57.6. The molecule has 4 nitrogen and oxygen atoms in total. The number of anilines is 2. The summed E-state index contributed by atoms with van der Waals surface area (Å²) in [6.07, 6.45) is -13.0. The van der Waals surface area contributed by atoms with Crippen LogP contribution in [0.5, 0.6) is 0 Å². The fourth-order valence-corrected chi connectivity index (χ4v) is 0.807. The van der Waals surface area contributed by atoms with Gasteiger partial charge in [0.15, 0.2) is 0 Å². The number of rotatable bonds is 1. The SMILES string of the molecule is [2H]c1nc(N2C([2H])([2H])C([2H])([2H])C([2H])([2H])C([2H])([2H])C2([2H])C([2H])([2H])[2H])nc([2H])c1N. The second-order valence-electron chi connectivity index (χ2n) is 2.33. The highest BCUT2D eigenvalue weighted by Gasteiger charge is 2.20. The summed E-state index contributed by atoms with van der Waals surface area (Å²) >= 11 is 0. The molecule has 0 amide bonds. The van der Waals surface area contributed by atoms with E-state index in [0.717, 1.165) is 0 Å². The summed E-state index contributed by atoms with van der Waals surface area (Å²) in [4.78, 5) is 6.56. The molecule has 1 aliphatic heterocycles. The Balaban J connectivity index is 3.02. The molecule has 4 heteroatoms. The predicted octanol–water partition coefficient (Wildman–Crippen LogP) is 1.44. The minimum absolute atomic E-state index is 0.260. The Labute approximate surface area is 104 Å². The van der Waals surface area contributed by atoms with Crippen LogP contribution in [0, 0.1) is 0 Å². The molecule has 0 radical (unpaired) electrons. The summed E-state index contributed by atoms with van der Waals surface area (Å²) in [5.74, 6) is -1.15. The maximum Gasteiger partial charge on any atom is 0.225 e. The molecule has 0 aromatic carbocycles. The molecule has 1 fully saturated rings. The molecule has 0 bridgehead atoms. The zero-order valence-corrected chi connectivity index (χ0v) is 6.92. The highest BCUT2D eigenvalue weighted by atomic mass is 15.3. The minimum atomic E-state index is -3.82. The largest absolute Gasteiger partial charge is 0.396 e. The van der Waals surface area contributed by atoms with Crippen molar-refractivity contribution >= 4 is 11.6 Å². The van der Waals surface area contributed by atoms with Gasteiger partial charge in [0, 0.05) is 27.6 Å². The lowest BCUT2D eigenvalue weighted by atomic mass is 10.0. The van der Waals surface area contributed by atoms with Crippen LogP contribution >= 0.6 is 0 Å². The van der Waals surface area contributed by atoms with Crippen LogP contribution in [0.3, 0.4) is 0 Å². The van der Waals surface area contributed by atoms with Crippen molar-refractivity contribution in [2.45, 2.75) is 32.0 Å². The molecule has 1 aliphatic rings. The van der Waals surface area contributed by atoms with Crippen LogP contribution in [0.4, 0.5) is 11.6 Å². The van der Waals surface area contributed by atoms with Gasteiger partial charge in [0.25, 0.3) is 0 Å². The number of aromatic nitrogens is 2. The number of nitrogen functional groups attached to an aromatic ring is 1. The lowest BCUT2D eigenvalue weighted by Crippen LogP contribution is -2.38. The summed E-state index contributed by atoms with van der Waals surface area (Å²) in [5.41, 5.74) is 4.81. The van der Waals surface area contributed by atoms with Gasteiger partial charge in [-0.05, 0) is 26.0 Å². The van der Waals surface area contributed by atoms with Gasteiger partial charge in [-0.2, -0.15) is 0 Å². The zero-order chi connectivity index (χ0) is 22.3. The fourth-order valence-electron chi connectivity index (χ4n) is 0.807. The smallest absolute Gasteiger partial charge is 0.225 e. The number of nitrogens with two attached hydrogens (primary N) is 1. The van der Waals surface area contributed by atoms with Crippen LogP contribution in [0.15, 0.2) is 12.3 Å². The molecule has 1 aromatic heterocycles. The molecule has 76 valence electrons. The molecule has 1 atom stereocenters. The van der Waals surface area contributed by atoms with E-state index >= 15 is 0 Å². The molecule has 2 N–H and O–H groups in total. The van der Waals surface area contributed by atoms with E-state index in [0.29, 0.717) is 0 Å². The van der Waals surface area contributed by atoms with Gasteiger partial charge in [-0.15, -0.1) is 0 Å². The maximum absolute atomic E-state index is 8.36. The Morgan fingerprint density at radius 3 is 3.21 bits per heavy atom. The summed E-state index contributed by atoms with van der Waals surface area (Å²) in [7, 11) is 0. The number of hydrogen-bond acceptors (Lipinski definition) is 4. The molecular formula is C10H16N4. The molecule has 1 unspecified atom stereocenters. The van der Waals surface area contributed by atoms with E-state index in [-0.39, 0.29) is 4.90 Å². The van der Waals surface area contributed by atoms with Crippen molar-refractivity contribution in [1.29, 1.82) is 0 Å². The topological polar surface area (TPSA) is 55.0 Å². The predicted molar refractivity (Wildman–Crippen MR) is 57.1 cm³/mol. The van der Waals surface area contributed by atoms with E-state index in [9.17, 15) is 0 Å². The summed E-state index contributed by atoms with van der Waals surface area (Å²) < 4.78 is 110. The molecule has 14 heavy (non-hydrogen) atoms. The van der Waals surface area contributed by atoms with Gasteiger partial charge in [-0.1, -0.05) is 0 Å². The van der Waals surface area contributed by atoms with Crippen molar-refractivity contribution in [3.8, 4) is 0 Å². The van der Waals surface area contributed by atoms with E-state index in [4.69, 9.17) is 24.9 Å². The molecule has 2 heterocycles. The fraction of sp³-hybridized carbons (Fsp3) is 0.600. The van der Waals surface area contributed by atoms with Gasteiger partial charge in [0.05, 0.1) is 22.1 Å². The molecule has 2 rings (SSSR count). The van der Waals surface area contributed by atoms with Gasteiger partial charge < -0.3 is 10.6 Å². The molecule has 1 aromatic rings. The van der Waals surface area contributed by atoms with E-state index < -0.39 is 62.5 Å². The zero-order valence-electron chi connectivity index (χ0n) is 20.9. The van der Waals surface area contributed by atoms with Crippen LogP contribution in [0.2, 0.25) is 0 Å². The molecular weight excluding hydrogens is 176 g/mol. The Kier molecular flexibility index (Phi) is 0.616. The van der Waals surface area contributed by atoms with Gasteiger partial charge in [-0.3, -0.25) is 0 Å². The lowest BCUT2D eigenvalue weighted by Gasteiger charge is -2.33. The van der Waals surface area contributed by atoms with Gasteiger partial charge in [0.1, 0.15) is 0 Å². The molecule has 0 spiro atoms. The Morgan fingerprint density at radius 1 is 1.71 bits per heavy atom. The quantitative estimate of drug-likeness (QED) is 0.755. The first-order chi connectivity index (χ1) is 12.2. The van der Waals surface area contributed by atoms with Gasteiger partial charge in [-0.25, -0.2) is 9.97 Å². The summed E-state index contributed by atoms with van der Waals surface area (Å²) in [6.45, 7) is -7.41. The van der Waals surface area contributed by atoms with Gasteiger partial charge >= 0.3 is 0 Å². The van der Waals surface area contributed by atoms with Crippen molar-refractivity contribution in [2.24, 2.45) is 0 Å². The first-order valence-electron chi connectivity index (χ1n) is 10.6. The van der Waals surface area contributed by atoms with Crippen molar-refractivity contribution in [2.75, 3.05) is 17.1 Å². The van der Waals surface area contributed by atoms with Crippen LogP contribution in [0.1, 0.15) is 45.2 Å². The monoisotopic (exact) mass is 206 g/mol. The number of hydrogen-bond donors (Lipinski definition) is 1. The second-order valence-corrected chi connectivity index (χ2v) is 2.33. The highest BCUT2D eigenvalue weighted by Crippen LogP contribution is 2.20. The van der Waals surface area contributed by atoms with Gasteiger partial charge in [0.2, 0.25) is 5.95 Å². The lowest BCUT2D eigenvalue weighted by molar-refractivity contribution is 0.477. The average molecular weight is 206 g/mol. The Bertz CT molecular complexity index is 781. The second kappa shape index (κ2) is 3.82. The summed E-state index contributed by atoms with van der Waals surface area (Å²) in [6, 6.07) is -3.77. The molecule has 1 saturated heterocycles. The molecule has 0 saturated carbocycles. The van der Waals surface area contributed by atoms with Crippen molar-refractivity contribution in [3.63, 3.8) is 0 Å². The highest BCUT2D eigenvalue weighted by molar-refractivity contribution is 5.38. The van der Waals surface area contributed by atoms with Crippen LogP contribution in [-0.4, -0.2) is 22.5 Å². The van der Waals surface area contributed by atoms with Crippen LogP contribution < -0.4 is 10.6 Å². The average Bonchev–Trinajstić information content (AvgIpc) is 2.49. The third kappa shape index (κ3) is 1.78. The van der Waals surface area contributed by atoms with Crippen LogP contribution in [0.25, 0.3) is 0 Å². The van der Waals surface area contributed by atoms with E-state index in [1.54, 1.807) is 0 Å². The summed E-state index contributed by atoms with van der Waals surface area (Å²) in [5, 5.41) is 0.